The summed E-state index contributed by atoms with van der Waals surface area (Å²) in [6, 6.07) is 0. The minimum atomic E-state index is 0. The molecule has 0 aliphatic heterocycles. The summed E-state index contributed by atoms with van der Waals surface area (Å²) in [7, 11) is 2.01. The van der Waals surface area contributed by atoms with Crippen molar-refractivity contribution in [3.63, 3.8) is 0 Å². The van der Waals surface area contributed by atoms with Crippen LogP contribution in [-0.4, -0.2) is 23.3 Å². The van der Waals surface area contributed by atoms with Gasteiger partial charge < -0.3 is 17.0 Å². The van der Waals surface area contributed by atoms with Gasteiger partial charge in [0.2, 0.25) is 5.12 Å². The number of nitrogens with zero attached hydrogens (tertiary/aromatic N) is 1. The summed E-state index contributed by atoms with van der Waals surface area (Å²) in [6.45, 7) is 3.16. The summed E-state index contributed by atoms with van der Waals surface area (Å²) in [5, 5.41) is 1.87. The highest BCUT2D eigenvalue weighted by Gasteiger charge is 1.79. The first-order valence-electron chi connectivity index (χ1n) is 1.95. The number of rotatable bonds is 1. The van der Waals surface area contributed by atoms with E-state index in [1.165, 1.54) is 0 Å². The van der Waals surface area contributed by atoms with Crippen molar-refractivity contribution in [1.29, 1.82) is 0 Å². The lowest BCUT2D eigenvalue weighted by atomic mass is 10.7. The molecule has 0 amide bonds. The van der Waals surface area contributed by atoms with E-state index in [1.54, 1.807) is 0 Å². The van der Waals surface area contributed by atoms with Gasteiger partial charge in [0.15, 0.2) is 0 Å². The highest BCUT2D eigenvalue weighted by atomic mass is 79.9. The summed E-state index contributed by atoms with van der Waals surface area (Å²) in [5.41, 5.74) is 0. The molecular weight excluding hydrogens is 222 g/mol. The molecule has 0 aliphatic rings. The molecule has 7 heavy (non-hydrogen) atoms. The lowest BCUT2D eigenvalue weighted by Gasteiger charge is -1.81. The zero-order valence-corrected chi connectivity index (χ0v) is 7.66. The molecule has 0 aromatic rings. The highest BCUT2D eigenvalue weighted by Crippen LogP contribution is 1.68. The van der Waals surface area contributed by atoms with Crippen molar-refractivity contribution in [2.24, 2.45) is 0 Å². The quantitative estimate of drug-likeness (QED) is 0.365. The molecule has 0 aliphatic carbocycles. The van der Waals surface area contributed by atoms with Crippen LogP contribution in [0.25, 0.3) is 0 Å². The van der Waals surface area contributed by atoms with Crippen LogP contribution in [0.5, 0.6) is 0 Å². The highest BCUT2D eigenvalue weighted by molar-refractivity contribution is 9.17. The molecular formula is C4H9Br2N. The van der Waals surface area contributed by atoms with Gasteiger partial charge in [-0.2, -0.15) is 0 Å². The van der Waals surface area contributed by atoms with E-state index in [0.717, 1.165) is 6.54 Å². The Hall–Kier alpha value is 0.630. The van der Waals surface area contributed by atoms with Crippen molar-refractivity contribution < 1.29 is 21.6 Å². The lowest BCUT2D eigenvalue weighted by molar-refractivity contribution is -0.485. The Morgan fingerprint density at radius 2 is 2.14 bits per heavy atom. The first-order chi connectivity index (χ1) is 2.81. The molecule has 0 saturated carbocycles. The zero-order valence-electron chi connectivity index (χ0n) is 4.49. The predicted molar refractivity (Wildman–Crippen MR) is 31.7 cm³/mol. The van der Waals surface area contributed by atoms with Crippen LogP contribution in [0.3, 0.4) is 0 Å². The Morgan fingerprint density at radius 1 is 1.71 bits per heavy atom. The molecule has 0 aromatic carbocycles. The second-order valence-corrected chi connectivity index (χ2v) is 1.58. The van der Waals surface area contributed by atoms with Gasteiger partial charge in [0.1, 0.15) is 13.6 Å². The van der Waals surface area contributed by atoms with Crippen LogP contribution in [0, 0.1) is 0 Å². The molecule has 0 fully saturated rings. The van der Waals surface area contributed by atoms with Crippen LogP contribution in [0.1, 0.15) is 6.92 Å². The van der Waals surface area contributed by atoms with E-state index >= 15 is 0 Å². The number of hydrogen-bond acceptors (Lipinski definition) is 0. The van der Waals surface area contributed by atoms with E-state index in [-0.39, 0.29) is 17.0 Å². The summed E-state index contributed by atoms with van der Waals surface area (Å²) in [4.78, 5) is 0. The van der Waals surface area contributed by atoms with Gasteiger partial charge in [-0.15, -0.1) is 0 Å². The van der Waals surface area contributed by atoms with Crippen molar-refractivity contribution in [3.8, 4) is 0 Å². The lowest BCUT2D eigenvalue weighted by Crippen LogP contribution is -3.00. The third-order valence-electron chi connectivity index (χ3n) is 0.665. The Labute approximate surface area is 63.3 Å². The molecule has 0 radical (unpaired) electrons. The molecule has 0 rings (SSSR count). The van der Waals surface area contributed by atoms with Gasteiger partial charge >= 0.3 is 0 Å². The fourth-order valence-corrected chi connectivity index (χ4v) is 0.359. The molecule has 1 nitrogen and oxygen atoms in total. The summed E-state index contributed by atoms with van der Waals surface area (Å²) in [6.07, 6.45) is 0. The monoisotopic (exact) mass is 229 g/mol. The van der Waals surface area contributed by atoms with Gasteiger partial charge in [0, 0.05) is 15.9 Å². The summed E-state index contributed by atoms with van der Waals surface area (Å²) >= 11 is 3.18. The Morgan fingerprint density at radius 3 is 2.14 bits per heavy atom. The first kappa shape index (κ1) is 10.6. The van der Waals surface area contributed by atoms with Crippen molar-refractivity contribution >= 4 is 21.1 Å². The third kappa shape index (κ3) is 6.63. The van der Waals surface area contributed by atoms with Crippen LogP contribution in [0.2, 0.25) is 0 Å². The van der Waals surface area contributed by atoms with Crippen LogP contribution in [0.15, 0.2) is 0 Å². The molecule has 0 saturated heterocycles. The van der Waals surface area contributed by atoms with E-state index in [4.69, 9.17) is 0 Å². The standard InChI is InChI=1S/C4H9BrN.BrH/c1-3-6(2)4-5;/h4H,3H2,1-2H3;1H/q+1;/p-1. The first-order valence-corrected chi connectivity index (χ1v) is 2.86. The van der Waals surface area contributed by atoms with Crippen LogP contribution >= 0.6 is 15.9 Å². The molecule has 3 heteroatoms. The molecule has 0 atom stereocenters. The average molecular weight is 231 g/mol. The fraction of sp³-hybridized carbons (Fsp3) is 0.750. The van der Waals surface area contributed by atoms with Gasteiger partial charge in [0.05, 0.1) is 0 Å². The Kier molecular flexibility index (Phi) is 10.0. The van der Waals surface area contributed by atoms with Crippen LogP contribution in [-0.2, 0) is 0 Å². The fourth-order valence-electron chi connectivity index (χ4n) is 0.0690. The second-order valence-electron chi connectivity index (χ2n) is 1.17. The van der Waals surface area contributed by atoms with Gasteiger partial charge in [0.25, 0.3) is 0 Å². The normalized spacial score (nSPS) is 10.4. The molecule has 0 heterocycles. The second kappa shape index (κ2) is 6.63. The molecule has 0 N–H and O–H groups in total. The topological polar surface area (TPSA) is 3.01 Å². The van der Waals surface area contributed by atoms with Crippen molar-refractivity contribution in [2.45, 2.75) is 6.92 Å². The van der Waals surface area contributed by atoms with Gasteiger partial charge in [-0.25, -0.2) is 4.58 Å². The van der Waals surface area contributed by atoms with E-state index < -0.39 is 0 Å². The summed E-state index contributed by atoms with van der Waals surface area (Å²) in [5.74, 6) is 0. The SMILES string of the molecule is CC[N+](C)=CBr.[Br-]. The molecule has 0 bridgehead atoms. The molecule has 44 valence electrons. The number of hydrogen-bond donors (Lipinski definition) is 0. The van der Waals surface area contributed by atoms with Gasteiger partial charge in [-0.05, 0) is 6.92 Å². The van der Waals surface area contributed by atoms with Crippen molar-refractivity contribution in [3.05, 3.63) is 0 Å². The van der Waals surface area contributed by atoms with E-state index in [0.29, 0.717) is 0 Å². The maximum absolute atomic E-state index is 3.18. The molecule has 0 spiro atoms. The average Bonchev–Trinajstić information content (AvgIpc) is 1.65. The number of halogens is 2. The Bertz CT molecular complexity index is 60.7. The smallest absolute Gasteiger partial charge is 0.206 e. The van der Waals surface area contributed by atoms with Crippen molar-refractivity contribution in [1.82, 2.24) is 0 Å². The minimum absolute atomic E-state index is 0. The largest absolute Gasteiger partial charge is 1.00 e. The maximum Gasteiger partial charge on any atom is 0.206 e. The van der Waals surface area contributed by atoms with E-state index in [2.05, 4.69) is 22.9 Å². The van der Waals surface area contributed by atoms with E-state index in [1.807, 2.05) is 16.7 Å². The van der Waals surface area contributed by atoms with Crippen LogP contribution < -0.4 is 17.0 Å². The minimum Gasteiger partial charge on any atom is -1.00 e. The Balaban J connectivity index is 0. The summed E-state index contributed by atoms with van der Waals surface area (Å²) < 4.78 is 2.04. The third-order valence-corrected chi connectivity index (χ3v) is 1.36. The zero-order chi connectivity index (χ0) is 4.99. The maximum atomic E-state index is 3.18. The van der Waals surface area contributed by atoms with E-state index in [9.17, 15) is 0 Å². The van der Waals surface area contributed by atoms with Crippen LogP contribution in [0.4, 0.5) is 0 Å². The van der Waals surface area contributed by atoms with Gasteiger partial charge in [-0.1, -0.05) is 0 Å². The van der Waals surface area contributed by atoms with Gasteiger partial charge in [-0.3, -0.25) is 0 Å². The molecule has 0 unspecified atom stereocenters. The molecule has 0 aromatic heterocycles. The van der Waals surface area contributed by atoms with Crippen molar-refractivity contribution in [2.75, 3.05) is 13.6 Å². The predicted octanol–water partition coefficient (Wildman–Crippen LogP) is -1.92.